The van der Waals surface area contributed by atoms with E-state index in [4.69, 9.17) is 4.74 Å². The van der Waals surface area contributed by atoms with Crippen molar-refractivity contribution in [3.63, 3.8) is 0 Å². The van der Waals surface area contributed by atoms with Crippen LogP contribution in [0.1, 0.15) is 32.1 Å². The monoisotopic (exact) mass is 254 g/mol. The fourth-order valence-corrected chi connectivity index (χ4v) is 2.83. The van der Waals surface area contributed by atoms with E-state index in [0.717, 1.165) is 45.7 Å². The quantitative estimate of drug-likeness (QED) is 0.821. The van der Waals surface area contributed by atoms with Gasteiger partial charge in [0.05, 0.1) is 0 Å². The topological polar surface area (TPSA) is 41.6 Å². The second-order valence-electron chi connectivity index (χ2n) is 5.84. The van der Waals surface area contributed by atoms with Crippen molar-refractivity contribution in [1.29, 1.82) is 0 Å². The van der Waals surface area contributed by atoms with Gasteiger partial charge in [-0.05, 0) is 57.7 Å². The molecule has 0 aromatic carbocycles. The summed E-state index contributed by atoms with van der Waals surface area (Å²) in [4.78, 5) is 14.2. The summed E-state index contributed by atoms with van der Waals surface area (Å²) in [5.41, 5.74) is 0. The predicted octanol–water partition coefficient (Wildman–Crippen LogP) is 1.26. The van der Waals surface area contributed by atoms with E-state index in [2.05, 4.69) is 17.3 Å². The Morgan fingerprint density at radius 3 is 2.72 bits per heavy atom. The van der Waals surface area contributed by atoms with Crippen LogP contribution in [0.15, 0.2) is 0 Å². The Bertz CT molecular complexity index is 257. The zero-order valence-corrected chi connectivity index (χ0v) is 11.5. The molecule has 1 atom stereocenters. The van der Waals surface area contributed by atoms with Gasteiger partial charge in [0.2, 0.25) is 5.91 Å². The van der Waals surface area contributed by atoms with Crippen molar-refractivity contribution in [2.45, 2.75) is 32.1 Å². The van der Waals surface area contributed by atoms with Crippen molar-refractivity contribution >= 4 is 5.91 Å². The van der Waals surface area contributed by atoms with Gasteiger partial charge < -0.3 is 15.0 Å². The van der Waals surface area contributed by atoms with Crippen LogP contribution in [0.25, 0.3) is 0 Å². The third-order valence-corrected chi connectivity index (χ3v) is 4.15. The number of carbonyl (C=O) groups excluding carboxylic acids is 1. The number of nitrogens with zero attached hydrogens (tertiary/aromatic N) is 1. The van der Waals surface area contributed by atoms with Crippen molar-refractivity contribution in [3.8, 4) is 0 Å². The maximum atomic E-state index is 11.8. The van der Waals surface area contributed by atoms with Crippen LogP contribution in [-0.2, 0) is 9.53 Å². The Kier molecular flexibility index (Phi) is 5.45. The molecule has 2 saturated heterocycles. The van der Waals surface area contributed by atoms with Gasteiger partial charge in [0, 0.05) is 26.2 Å². The third kappa shape index (κ3) is 4.58. The van der Waals surface area contributed by atoms with Crippen molar-refractivity contribution in [2.24, 2.45) is 11.8 Å². The number of nitrogens with one attached hydrogen (secondary N) is 1. The average Bonchev–Trinajstić information content (AvgIpc) is 2.39. The Hall–Kier alpha value is -0.610. The molecule has 4 heteroatoms. The lowest BCUT2D eigenvalue weighted by Crippen LogP contribution is -2.37. The third-order valence-electron chi connectivity index (χ3n) is 4.15. The standard InChI is InChI=1S/C14H26N2O2/c1-16-6-4-12(5-7-16)10-15-14(17)9-13-3-2-8-18-11-13/h12-13H,2-11H2,1H3,(H,15,17). The summed E-state index contributed by atoms with van der Waals surface area (Å²) in [7, 11) is 2.16. The van der Waals surface area contributed by atoms with E-state index in [-0.39, 0.29) is 5.91 Å². The minimum absolute atomic E-state index is 0.212. The van der Waals surface area contributed by atoms with Gasteiger partial charge in [-0.25, -0.2) is 0 Å². The van der Waals surface area contributed by atoms with Crippen LogP contribution < -0.4 is 5.32 Å². The first-order valence-electron chi connectivity index (χ1n) is 7.27. The van der Waals surface area contributed by atoms with Gasteiger partial charge in [0.25, 0.3) is 0 Å². The van der Waals surface area contributed by atoms with Gasteiger partial charge in [-0.3, -0.25) is 4.79 Å². The molecule has 0 aromatic rings. The summed E-state index contributed by atoms with van der Waals surface area (Å²) in [6.45, 7) is 4.82. The van der Waals surface area contributed by atoms with Crippen molar-refractivity contribution in [1.82, 2.24) is 10.2 Å². The molecule has 2 aliphatic rings. The summed E-state index contributed by atoms with van der Waals surface area (Å²) >= 11 is 0. The Morgan fingerprint density at radius 1 is 1.28 bits per heavy atom. The van der Waals surface area contributed by atoms with E-state index in [1.807, 2.05) is 0 Å². The minimum atomic E-state index is 0.212. The number of likely N-dealkylation sites (tertiary alicyclic amines) is 1. The average molecular weight is 254 g/mol. The molecule has 2 heterocycles. The highest BCUT2D eigenvalue weighted by atomic mass is 16.5. The number of carbonyl (C=O) groups is 1. The predicted molar refractivity (Wildman–Crippen MR) is 71.4 cm³/mol. The number of ether oxygens (including phenoxy) is 1. The van der Waals surface area contributed by atoms with E-state index in [1.165, 1.54) is 12.8 Å². The number of rotatable bonds is 4. The molecule has 0 saturated carbocycles. The van der Waals surface area contributed by atoms with Crippen LogP contribution >= 0.6 is 0 Å². The van der Waals surface area contributed by atoms with Crippen molar-refractivity contribution < 1.29 is 9.53 Å². The molecule has 1 N–H and O–H groups in total. The molecular weight excluding hydrogens is 228 g/mol. The number of piperidine rings is 1. The van der Waals surface area contributed by atoms with Gasteiger partial charge in [-0.15, -0.1) is 0 Å². The molecular formula is C14H26N2O2. The molecule has 2 aliphatic heterocycles. The van der Waals surface area contributed by atoms with Gasteiger partial charge in [0.1, 0.15) is 0 Å². The van der Waals surface area contributed by atoms with E-state index in [0.29, 0.717) is 18.3 Å². The zero-order chi connectivity index (χ0) is 12.8. The number of hydrogen-bond acceptors (Lipinski definition) is 3. The second kappa shape index (κ2) is 7.10. The van der Waals surface area contributed by atoms with Crippen molar-refractivity contribution in [3.05, 3.63) is 0 Å². The van der Waals surface area contributed by atoms with Crippen LogP contribution in [0.4, 0.5) is 0 Å². The van der Waals surface area contributed by atoms with E-state index in [1.54, 1.807) is 0 Å². The van der Waals surface area contributed by atoms with Gasteiger partial charge in [-0.2, -0.15) is 0 Å². The first kappa shape index (κ1) is 13.8. The molecule has 1 unspecified atom stereocenters. The summed E-state index contributed by atoms with van der Waals surface area (Å²) in [6, 6.07) is 0. The Balaban J connectivity index is 1.59. The lowest BCUT2D eigenvalue weighted by atomic mass is 9.96. The van der Waals surface area contributed by atoms with Crippen LogP contribution in [0.5, 0.6) is 0 Å². The smallest absolute Gasteiger partial charge is 0.220 e. The maximum absolute atomic E-state index is 11.8. The number of amides is 1. The Morgan fingerprint density at radius 2 is 2.06 bits per heavy atom. The van der Waals surface area contributed by atoms with E-state index in [9.17, 15) is 4.79 Å². The highest BCUT2D eigenvalue weighted by molar-refractivity contribution is 5.76. The summed E-state index contributed by atoms with van der Waals surface area (Å²) in [5.74, 6) is 1.33. The van der Waals surface area contributed by atoms with Gasteiger partial charge in [-0.1, -0.05) is 0 Å². The fourth-order valence-electron chi connectivity index (χ4n) is 2.83. The highest BCUT2D eigenvalue weighted by Gasteiger charge is 2.20. The molecule has 0 aromatic heterocycles. The SMILES string of the molecule is CN1CCC(CNC(=O)CC2CCCOC2)CC1. The molecule has 18 heavy (non-hydrogen) atoms. The van der Waals surface area contributed by atoms with Crippen LogP contribution in [0.2, 0.25) is 0 Å². The Labute approximate surface area is 110 Å². The lowest BCUT2D eigenvalue weighted by molar-refractivity contribution is -0.123. The van der Waals surface area contributed by atoms with Crippen LogP contribution in [0, 0.1) is 11.8 Å². The molecule has 0 radical (unpaired) electrons. The molecule has 0 aliphatic carbocycles. The number of hydrogen-bond donors (Lipinski definition) is 1. The lowest BCUT2D eigenvalue weighted by Gasteiger charge is -2.29. The molecule has 2 rings (SSSR count). The molecule has 1 amide bonds. The van der Waals surface area contributed by atoms with Crippen molar-refractivity contribution in [2.75, 3.05) is 39.9 Å². The highest BCUT2D eigenvalue weighted by Crippen LogP contribution is 2.18. The molecule has 104 valence electrons. The van der Waals surface area contributed by atoms with Gasteiger partial charge >= 0.3 is 0 Å². The summed E-state index contributed by atoms with van der Waals surface area (Å²) in [6.07, 6.45) is 5.31. The first-order valence-corrected chi connectivity index (χ1v) is 7.27. The fraction of sp³-hybridized carbons (Fsp3) is 0.929. The minimum Gasteiger partial charge on any atom is -0.381 e. The maximum Gasteiger partial charge on any atom is 0.220 e. The summed E-state index contributed by atoms with van der Waals surface area (Å²) < 4.78 is 5.40. The van der Waals surface area contributed by atoms with E-state index >= 15 is 0 Å². The molecule has 0 bridgehead atoms. The first-order chi connectivity index (χ1) is 8.74. The van der Waals surface area contributed by atoms with Gasteiger partial charge in [0.15, 0.2) is 0 Å². The molecule has 0 spiro atoms. The van der Waals surface area contributed by atoms with Crippen LogP contribution in [0.3, 0.4) is 0 Å². The molecule has 4 nitrogen and oxygen atoms in total. The van der Waals surface area contributed by atoms with E-state index < -0.39 is 0 Å². The normalized spacial score (nSPS) is 27.1. The zero-order valence-electron chi connectivity index (χ0n) is 11.5. The van der Waals surface area contributed by atoms with Crippen LogP contribution in [-0.4, -0.2) is 50.7 Å². The second-order valence-corrected chi connectivity index (χ2v) is 5.84. The largest absolute Gasteiger partial charge is 0.381 e. The summed E-state index contributed by atoms with van der Waals surface area (Å²) in [5, 5.41) is 3.10. The molecule has 2 fully saturated rings.